The summed E-state index contributed by atoms with van der Waals surface area (Å²) in [6, 6.07) is 4.15. The van der Waals surface area contributed by atoms with E-state index in [2.05, 4.69) is 0 Å². The lowest BCUT2D eigenvalue weighted by molar-refractivity contribution is 0.0692. The highest BCUT2D eigenvalue weighted by atomic mass is 32.2. The fourth-order valence-electron chi connectivity index (χ4n) is 1.33. The van der Waals surface area contributed by atoms with Gasteiger partial charge in [0.05, 0.1) is 5.56 Å². The van der Waals surface area contributed by atoms with Crippen LogP contribution in [0.3, 0.4) is 0 Å². The average Bonchev–Trinajstić information content (AvgIpc) is 2.26. The van der Waals surface area contributed by atoms with Gasteiger partial charge < -0.3 is 10.2 Å². The van der Waals surface area contributed by atoms with Crippen molar-refractivity contribution in [1.82, 2.24) is 0 Å². The zero-order chi connectivity index (χ0) is 12.8. The van der Waals surface area contributed by atoms with E-state index in [9.17, 15) is 9.18 Å². The van der Waals surface area contributed by atoms with E-state index in [0.717, 1.165) is 5.56 Å². The van der Waals surface area contributed by atoms with Crippen molar-refractivity contribution in [2.75, 3.05) is 6.61 Å². The highest BCUT2D eigenvalue weighted by Crippen LogP contribution is 2.21. The molecule has 1 aromatic rings. The summed E-state index contributed by atoms with van der Waals surface area (Å²) in [6.45, 7) is 2.13. The molecule has 0 aliphatic rings. The molecule has 0 amide bonds. The first-order chi connectivity index (χ1) is 8.04. The van der Waals surface area contributed by atoms with Crippen molar-refractivity contribution in [2.24, 2.45) is 0 Å². The Kier molecular flexibility index (Phi) is 5.44. The Morgan fingerprint density at radius 2 is 2.24 bits per heavy atom. The van der Waals surface area contributed by atoms with Gasteiger partial charge in [-0.15, -0.1) is 0 Å². The number of carbonyl (C=O) groups is 1. The fourth-order valence-corrected chi connectivity index (χ4v) is 2.25. The van der Waals surface area contributed by atoms with E-state index in [-0.39, 0.29) is 12.2 Å². The van der Waals surface area contributed by atoms with Gasteiger partial charge in [-0.3, -0.25) is 0 Å². The van der Waals surface area contributed by atoms with Crippen molar-refractivity contribution >= 4 is 17.7 Å². The van der Waals surface area contributed by atoms with E-state index >= 15 is 0 Å². The molecule has 17 heavy (non-hydrogen) atoms. The van der Waals surface area contributed by atoms with Crippen LogP contribution in [0.2, 0.25) is 0 Å². The van der Waals surface area contributed by atoms with Gasteiger partial charge in [0.25, 0.3) is 0 Å². The smallest absolute Gasteiger partial charge is 0.338 e. The quantitative estimate of drug-likeness (QED) is 0.823. The van der Waals surface area contributed by atoms with Crippen LogP contribution >= 0.6 is 11.8 Å². The number of hydrogen-bond donors (Lipinski definition) is 2. The second-order valence-corrected chi connectivity index (χ2v) is 5.18. The molecule has 1 aromatic carbocycles. The molecule has 0 spiro atoms. The lowest BCUT2D eigenvalue weighted by Crippen LogP contribution is -2.02. The van der Waals surface area contributed by atoms with E-state index < -0.39 is 11.8 Å². The summed E-state index contributed by atoms with van der Waals surface area (Å²) < 4.78 is 13.3. The Hall–Kier alpha value is -1.07. The predicted octanol–water partition coefficient (Wildman–Crippen LogP) is 2.53. The molecule has 0 saturated heterocycles. The Morgan fingerprint density at radius 1 is 1.53 bits per heavy atom. The first-order valence-electron chi connectivity index (χ1n) is 5.28. The molecule has 2 N–H and O–H groups in total. The van der Waals surface area contributed by atoms with Crippen LogP contribution in [-0.2, 0) is 5.75 Å². The van der Waals surface area contributed by atoms with Gasteiger partial charge in [-0.25, -0.2) is 9.18 Å². The van der Waals surface area contributed by atoms with Crippen LogP contribution in [0, 0.1) is 5.82 Å². The zero-order valence-corrected chi connectivity index (χ0v) is 10.3. The van der Waals surface area contributed by atoms with Crippen LogP contribution in [0.1, 0.15) is 29.3 Å². The standard InChI is InChI=1S/C12H15FO3S/c1-8(4-5-14)17-7-9-2-3-10(12(15)16)11(13)6-9/h2-3,6,8,14H,4-5,7H2,1H3,(H,15,16). The molecular weight excluding hydrogens is 243 g/mol. The molecule has 0 aliphatic heterocycles. The molecule has 0 radical (unpaired) electrons. The van der Waals surface area contributed by atoms with E-state index in [4.69, 9.17) is 10.2 Å². The number of carboxylic acids is 1. The minimum absolute atomic E-state index is 0.139. The Bertz CT molecular complexity index is 395. The largest absolute Gasteiger partial charge is 0.478 e. The average molecular weight is 258 g/mol. The van der Waals surface area contributed by atoms with Gasteiger partial charge in [-0.05, 0) is 24.1 Å². The summed E-state index contributed by atoms with van der Waals surface area (Å²) >= 11 is 1.60. The highest BCUT2D eigenvalue weighted by molar-refractivity contribution is 7.99. The van der Waals surface area contributed by atoms with E-state index in [1.165, 1.54) is 12.1 Å². The first-order valence-corrected chi connectivity index (χ1v) is 6.33. The number of carboxylic acid groups (broad SMARTS) is 1. The number of hydrogen-bond acceptors (Lipinski definition) is 3. The van der Waals surface area contributed by atoms with Crippen molar-refractivity contribution in [1.29, 1.82) is 0 Å². The van der Waals surface area contributed by atoms with Crippen LogP contribution in [-0.4, -0.2) is 28.0 Å². The van der Waals surface area contributed by atoms with Gasteiger partial charge in [-0.2, -0.15) is 11.8 Å². The minimum atomic E-state index is -1.25. The normalized spacial score (nSPS) is 12.4. The lowest BCUT2D eigenvalue weighted by atomic mass is 10.1. The molecular formula is C12H15FO3S. The van der Waals surface area contributed by atoms with Gasteiger partial charge >= 0.3 is 5.97 Å². The first kappa shape index (κ1) is 14.0. The molecule has 0 saturated carbocycles. The molecule has 1 atom stereocenters. The van der Waals surface area contributed by atoms with Crippen LogP contribution < -0.4 is 0 Å². The second kappa shape index (κ2) is 6.61. The monoisotopic (exact) mass is 258 g/mol. The number of rotatable bonds is 6. The maximum Gasteiger partial charge on any atom is 0.338 e. The van der Waals surface area contributed by atoms with Gasteiger partial charge in [0.15, 0.2) is 0 Å². The van der Waals surface area contributed by atoms with Crippen molar-refractivity contribution in [3.8, 4) is 0 Å². The van der Waals surface area contributed by atoms with Crippen molar-refractivity contribution < 1.29 is 19.4 Å². The summed E-state index contributed by atoms with van der Waals surface area (Å²) in [5, 5.41) is 17.7. The van der Waals surface area contributed by atoms with Crippen molar-refractivity contribution in [3.05, 3.63) is 35.1 Å². The molecule has 1 unspecified atom stereocenters. The Morgan fingerprint density at radius 3 is 2.76 bits per heavy atom. The summed E-state index contributed by atoms with van der Waals surface area (Å²) in [5.41, 5.74) is 0.449. The second-order valence-electron chi connectivity index (χ2n) is 3.75. The van der Waals surface area contributed by atoms with Crippen LogP contribution in [0.15, 0.2) is 18.2 Å². The summed E-state index contributed by atoms with van der Waals surface area (Å²) in [6.07, 6.45) is 0.695. The van der Waals surface area contributed by atoms with E-state index in [1.54, 1.807) is 17.8 Å². The molecule has 0 aromatic heterocycles. The minimum Gasteiger partial charge on any atom is -0.478 e. The van der Waals surface area contributed by atoms with Gasteiger partial charge in [0.2, 0.25) is 0 Å². The third-order valence-electron chi connectivity index (χ3n) is 2.33. The number of aliphatic hydroxyl groups excluding tert-OH is 1. The molecule has 94 valence electrons. The summed E-state index contributed by atoms with van der Waals surface area (Å²) in [4.78, 5) is 10.6. The molecule has 0 aliphatic carbocycles. The van der Waals surface area contributed by atoms with Crippen LogP contribution in [0.4, 0.5) is 4.39 Å². The topological polar surface area (TPSA) is 57.5 Å². The number of thioether (sulfide) groups is 1. The van der Waals surface area contributed by atoms with Gasteiger partial charge in [-0.1, -0.05) is 13.0 Å². The van der Waals surface area contributed by atoms with Crippen LogP contribution in [0.25, 0.3) is 0 Å². The summed E-state index contributed by atoms with van der Waals surface area (Å²) in [7, 11) is 0. The molecule has 0 fully saturated rings. The van der Waals surface area contributed by atoms with Crippen molar-refractivity contribution in [2.45, 2.75) is 24.3 Å². The van der Waals surface area contributed by atoms with Gasteiger partial charge in [0, 0.05) is 17.6 Å². The molecule has 3 nitrogen and oxygen atoms in total. The Balaban J connectivity index is 2.62. The third kappa shape index (κ3) is 4.36. The third-order valence-corrected chi connectivity index (χ3v) is 3.64. The van der Waals surface area contributed by atoms with E-state index in [0.29, 0.717) is 17.4 Å². The zero-order valence-electron chi connectivity index (χ0n) is 9.52. The molecule has 0 bridgehead atoms. The lowest BCUT2D eigenvalue weighted by Gasteiger charge is -2.09. The summed E-state index contributed by atoms with van der Waals surface area (Å²) in [5.74, 6) is -1.35. The van der Waals surface area contributed by atoms with Crippen molar-refractivity contribution in [3.63, 3.8) is 0 Å². The maximum absolute atomic E-state index is 13.3. The Labute approximate surface area is 104 Å². The molecule has 0 heterocycles. The van der Waals surface area contributed by atoms with Crippen LogP contribution in [0.5, 0.6) is 0 Å². The fraction of sp³-hybridized carbons (Fsp3) is 0.417. The molecule has 5 heteroatoms. The maximum atomic E-state index is 13.3. The van der Waals surface area contributed by atoms with Gasteiger partial charge in [0.1, 0.15) is 5.82 Å². The number of aromatic carboxylic acids is 1. The number of benzene rings is 1. The number of halogens is 1. The SMILES string of the molecule is CC(CCO)SCc1ccc(C(=O)O)c(F)c1. The molecule has 1 rings (SSSR count). The highest BCUT2D eigenvalue weighted by Gasteiger charge is 2.10. The number of aliphatic hydroxyl groups is 1. The van der Waals surface area contributed by atoms with E-state index in [1.807, 2.05) is 6.92 Å². The predicted molar refractivity (Wildman–Crippen MR) is 65.8 cm³/mol.